The van der Waals surface area contributed by atoms with Gasteiger partial charge in [-0.05, 0) is 104 Å². The van der Waals surface area contributed by atoms with Crippen LogP contribution in [-0.4, -0.2) is 0 Å². The zero-order valence-corrected chi connectivity index (χ0v) is 33.6. The van der Waals surface area contributed by atoms with Crippen LogP contribution >= 0.6 is 0 Å². The lowest BCUT2D eigenvalue weighted by Gasteiger charge is -2.31. The van der Waals surface area contributed by atoms with Crippen molar-refractivity contribution in [1.29, 1.82) is 0 Å². The highest BCUT2D eigenvalue weighted by Crippen LogP contribution is 2.48. The summed E-state index contributed by atoms with van der Waals surface area (Å²) in [5, 5.41) is 2.73. The van der Waals surface area contributed by atoms with Gasteiger partial charge in [-0.25, -0.2) is 0 Å². The molecule has 1 nitrogen and oxygen atoms in total. The van der Waals surface area contributed by atoms with E-state index in [9.17, 15) is 0 Å². The fraction of sp³-hybridized carbons (Fsp3) is 0.259. The average molecular weight is 718 g/mol. The lowest BCUT2D eigenvalue weighted by Crippen LogP contribution is -2.17. The Bertz CT molecular complexity index is 2380. The molecule has 0 spiro atoms. The molecule has 0 N–H and O–H groups in total. The van der Waals surface area contributed by atoms with Crippen LogP contribution in [0.4, 0.5) is 17.1 Å². The Labute approximate surface area is 329 Å². The standard InChI is InChI=1S/C54H55N/c1-53(2,3)43-35-42(36-44(37-43)54(4,5)6)46-25-13-15-29-50(46)55(45-33-31-39(32-34-45)38-19-9-7-10-20-38)51-30-16-14-26-48(51)49-28-18-24-41-23-17-27-47(52(41)49)40-21-11-8-12-22-40/h7,9-10,13-20,23-37,40H,8,11-12,21-22H2,1-6H3. The molecule has 1 aliphatic rings. The summed E-state index contributed by atoms with van der Waals surface area (Å²) in [6.07, 6.45) is 6.52. The highest BCUT2D eigenvalue weighted by molar-refractivity contribution is 6.04. The van der Waals surface area contributed by atoms with Crippen molar-refractivity contribution in [1.82, 2.24) is 0 Å². The summed E-state index contributed by atoms with van der Waals surface area (Å²) >= 11 is 0. The van der Waals surface area contributed by atoms with E-state index in [1.807, 2.05) is 0 Å². The van der Waals surface area contributed by atoms with Crippen molar-refractivity contribution in [2.75, 3.05) is 4.90 Å². The monoisotopic (exact) mass is 717 g/mol. The minimum absolute atomic E-state index is 0.00885. The third kappa shape index (κ3) is 7.50. The fourth-order valence-corrected chi connectivity index (χ4v) is 8.65. The van der Waals surface area contributed by atoms with E-state index < -0.39 is 0 Å². The number of nitrogens with zero attached hydrogens (tertiary/aromatic N) is 1. The van der Waals surface area contributed by atoms with Gasteiger partial charge in [-0.2, -0.15) is 0 Å². The van der Waals surface area contributed by atoms with E-state index in [2.05, 4.69) is 204 Å². The molecule has 1 saturated carbocycles. The molecule has 0 atom stereocenters. The second-order valence-corrected chi connectivity index (χ2v) is 17.7. The minimum Gasteiger partial charge on any atom is -0.309 e. The maximum absolute atomic E-state index is 2.52. The number of anilines is 3. The van der Waals surface area contributed by atoms with Gasteiger partial charge in [-0.3, -0.25) is 0 Å². The van der Waals surface area contributed by atoms with Crippen molar-refractivity contribution in [2.45, 2.75) is 90.4 Å². The summed E-state index contributed by atoms with van der Waals surface area (Å²) in [7, 11) is 0. The van der Waals surface area contributed by atoms with Gasteiger partial charge in [0.2, 0.25) is 0 Å². The van der Waals surface area contributed by atoms with Gasteiger partial charge in [0.05, 0.1) is 11.4 Å². The molecule has 0 aromatic heterocycles. The Morgan fingerprint density at radius 3 is 1.60 bits per heavy atom. The Morgan fingerprint density at radius 2 is 0.964 bits per heavy atom. The van der Waals surface area contributed by atoms with Gasteiger partial charge in [-0.1, -0.05) is 194 Å². The van der Waals surface area contributed by atoms with Crippen LogP contribution in [0.15, 0.2) is 158 Å². The summed E-state index contributed by atoms with van der Waals surface area (Å²) in [5.41, 5.74) is 15.2. The molecular formula is C54H55N. The van der Waals surface area contributed by atoms with Crippen molar-refractivity contribution in [3.8, 4) is 33.4 Å². The lowest BCUT2D eigenvalue weighted by molar-refractivity contribution is 0.445. The number of fused-ring (bicyclic) bond motifs is 1. The predicted molar refractivity (Wildman–Crippen MR) is 238 cm³/mol. The van der Waals surface area contributed by atoms with Gasteiger partial charge in [0.15, 0.2) is 0 Å². The molecule has 55 heavy (non-hydrogen) atoms. The van der Waals surface area contributed by atoms with Crippen LogP contribution in [0.1, 0.15) is 96.3 Å². The first-order valence-electron chi connectivity index (χ1n) is 20.4. The van der Waals surface area contributed by atoms with Gasteiger partial charge in [0.25, 0.3) is 0 Å². The Morgan fingerprint density at radius 1 is 0.436 bits per heavy atom. The zero-order chi connectivity index (χ0) is 38.2. The third-order valence-corrected chi connectivity index (χ3v) is 11.8. The first-order valence-corrected chi connectivity index (χ1v) is 20.4. The molecule has 0 saturated heterocycles. The summed E-state index contributed by atoms with van der Waals surface area (Å²) in [6, 6.07) is 59.2. The van der Waals surface area contributed by atoms with Crippen LogP contribution in [0.5, 0.6) is 0 Å². The Kier molecular flexibility index (Phi) is 9.99. The number of hydrogen-bond donors (Lipinski definition) is 0. The zero-order valence-electron chi connectivity index (χ0n) is 33.6. The average Bonchev–Trinajstić information content (AvgIpc) is 3.21. The topological polar surface area (TPSA) is 3.24 Å². The SMILES string of the molecule is CC(C)(C)c1cc(-c2ccccc2N(c2ccc(-c3ccccc3)cc2)c2ccccc2-c2cccc3cccc(C4CCCCC4)c23)cc(C(C)(C)C)c1. The quantitative estimate of drug-likeness (QED) is 0.159. The molecule has 7 aromatic carbocycles. The van der Waals surface area contributed by atoms with Crippen LogP contribution in [0.2, 0.25) is 0 Å². The lowest BCUT2D eigenvalue weighted by atomic mass is 9.78. The van der Waals surface area contributed by atoms with Gasteiger partial charge >= 0.3 is 0 Å². The van der Waals surface area contributed by atoms with E-state index in [1.54, 1.807) is 0 Å². The summed E-state index contributed by atoms with van der Waals surface area (Å²) < 4.78 is 0. The first kappa shape index (κ1) is 36.6. The largest absolute Gasteiger partial charge is 0.309 e. The predicted octanol–water partition coefficient (Wildman–Crippen LogP) is 16.0. The summed E-state index contributed by atoms with van der Waals surface area (Å²) in [4.78, 5) is 2.52. The molecule has 0 aliphatic heterocycles. The Balaban J connectivity index is 1.38. The number of hydrogen-bond acceptors (Lipinski definition) is 1. The molecule has 0 unspecified atom stereocenters. The highest BCUT2D eigenvalue weighted by atomic mass is 15.1. The second kappa shape index (κ2) is 15.0. The van der Waals surface area contributed by atoms with Gasteiger partial charge in [0, 0.05) is 16.8 Å². The molecule has 7 aromatic rings. The molecular weight excluding hydrogens is 663 g/mol. The second-order valence-electron chi connectivity index (χ2n) is 17.7. The molecule has 0 heterocycles. The van der Waals surface area contributed by atoms with E-state index in [0.717, 1.165) is 5.69 Å². The van der Waals surface area contributed by atoms with E-state index in [1.165, 1.54) is 104 Å². The van der Waals surface area contributed by atoms with Crippen molar-refractivity contribution in [2.24, 2.45) is 0 Å². The highest BCUT2D eigenvalue weighted by Gasteiger charge is 2.26. The van der Waals surface area contributed by atoms with Crippen LogP contribution in [0, 0.1) is 0 Å². The normalized spacial score (nSPS) is 13.9. The molecule has 0 amide bonds. The van der Waals surface area contributed by atoms with Crippen LogP contribution < -0.4 is 4.90 Å². The van der Waals surface area contributed by atoms with E-state index in [-0.39, 0.29) is 10.8 Å². The molecule has 0 bridgehead atoms. The van der Waals surface area contributed by atoms with Crippen molar-refractivity contribution in [3.63, 3.8) is 0 Å². The maximum atomic E-state index is 2.52. The van der Waals surface area contributed by atoms with E-state index in [4.69, 9.17) is 0 Å². The fourth-order valence-electron chi connectivity index (χ4n) is 8.65. The summed E-state index contributed by atoms with van der Waals surface area (Å²) in [6.45, 7) is 14.0. The van der Waals surface area contributed by atoms with Gasteiger partial charge in [0.1, 0.15) is 0 Å². The van der Waals surface area contributed by atoms with Crippen LogP contribution in [-0.2, 0) is 10.8 Å². The van der Waals surface area contributed by atoms with Crippen LogP contribution in [0.3, 0.4) is 0 Å². The number of benzene rings is 7. The summed E-state index contributed by atoms with van der Waals surface area (Å²) in [5.74, 6) is 0.597. The molecule has 8 rings (SSSR count). The molecule has 1 aliphatic carbocycles. The molecule has 1 heteroatoms. The van der Waals surface area contributed by atoms with Crippen LogP contribution in [0.25, 0.3) is 44.2 Å². The third-order valence-electron chi connectivity index (χ3n) is 11.8. The maximum Gasteiger partial charge on any atom is 0.0540 e. The van der Waals surface area contributed by atoms with Gasteiger partial charge < -0.3 is 4.90 Å². The number of rotatable bonds is 7. The molecule has 0 radical (unpaired) electrons. The Hall–Kier alpha value is -5.40. The minimum atomic E-state index is 0.00885. The van der Waals surface area contributed by atoms with E-state index in [0.29, 0.717) is 5.92 Å². The van der Waals surface area contributed by atoms with E-state index >= 15 is 0 Å². The smallest absolute Gasteiger partial charge is 0.0540 e. The number of para-hydroxylation sites is 2. The first-order chi connectivity index (χ1) is 26.6. The van der Waals surface area contributed by atoms with Crippen molar-refractivity contribution < 1.29 is 0 Å². The van der Waals surface area contributed by atoms with Gasteiger partial charge in [-0.15, -0.1) is 0 Å². The molecule has 276 valence electrons. The van der Waals surface area contributed by atoms with Crippen molar-refractivity contribution in [3.05, 3.63) is 174 Å². The van der Waals surface area contributed by atoms with Crippen molar-refractivity contribution >= 4 is 27.8 Å². The molecule has 1 fully saturated rings.